The number of nitrogens with zero attached hydrogens (tertiary/aromatic N) is 3. The van der Waals surface area contributed by atoms with Crippen LogP contribution in [-0.2, 0) is 11.3 Å². The van der Waals surface area contributed by atoms with Crippen LogP contribution < -0.4 is 14.8 Å². The molecular formula is C26H26N4O5. The lowest BCUT2D eigenvalue weighted by Gasteiger charge is -2.29. The topological polar surface area (TPSA) is 102 Å². The van der Waals surface area contributed by atoms with Crippen LogP contribution in [0.3, 0.4) is 0 Å². The van der Waals surface area contributed by atoms with Crippen molar-refractivity contribution < 1.29 is 23.8 Å². The van der Waals surface area contributed by atoms with Crippen molar-refractivity contribution in [1.29, 1.82) is 0 Å². The number of ether oxygens (including phenoxy) is 3. The summed E-state index contributed by atoms with van der Waals surface area (Å²) in [4.78, 5) is 29.1. The van der Waals surface area contributed by atoms with E-state index in [0.717, 1.165) is 11.1 Å². The van der Waals surface area contributed by atoms with E-state index >= 15 is 0 Å². The Bertz CT molecular complexity index is 1250. The van der Waals surface area contributed by atoms with Gasteiger partial charge in [0.1, 0.15) is 11.8 Å². The van der Waals surface area contributed by atoms with E-state index in [1.807, 2.05) is 25.1 Å². The van der Waals surface area contributed by atoms with Gasteiger partial charge in [-0.1, -0.05) is 19.1 Å². The van der Waals surface area contributed by atoms with Crippen molar-refractivity contribution in [2.24, 2.45) is 5.10 Å². The lowest BCUT2D eigenvalue weighted by molar-refractivity contribution is 0.0712. The van der Waals surface area contributed by atoms with Gasteiger partial charge in [-0.3, -0.25) is 9.78 Å². The highest BCUT2D eigenvalue weighted by Gasteiger charge is 2.31. The maximum Gasteiger partial charge on any atom is 0.431 e. The molecule has 1 aromatic heterocycles. The molecule has 9 nitrogen and oxygen atoms in total. The molecule has 0 fully saturated rings. The molecule has 35 heavy (non-hydrogen) atoms. The number of cyclic esters (lactones) is 1. The van der Waals surface area contributed by atoms with Crippen molar-refractivity contribution in [3.63, 3.8) is 0 Å². The third-order valence-electron chi connectivity index (χ3n) is 5.48. The van der Waals surface area contributed by atoms with E-state index in [1.54, 1.807) is 56.8 Å². The number of benzene rings is 2. The van der Waals surface area contributed by atoms with Crippen LogP contribution in [0.5, 0.6) is 11.5 Å². The number of hydrogen-bond donors (Lipinski definition) is 1. The first-order valence-electron chi connectivity index (χ1n) is 11.1. The Morgan fingerprint density at radius 3 is 2.63 bits per heavy atom. The summed E-state index contributed by atoms with van der Waals surface area (Å²) in [5.41, 5.74) is 3.21. The summed E-state index contributed by atoms with van der Waals surface area (Å²) < 4.78 is 16.4. The largest absolute Gasteiger partial charge is 0.493 e. The van der Waals surface area contributed by atoms with Gasteiger partial charge in [0.2, 0.25) is 0 Å². The summed E-state index contributed by atoms with van der Waals surface area (Å²) in [7, 11) is 3.13. The Hall–Kier alpha value is -4.40. The number of aromatic nitrogens is 1. The average Bonchev–Trinajstić information content (AvgIpc) is 2.89. The molecule has 1 N–H and O–H groups in total. The molecule has 0 aliphatic carbocycles. The Balaban J connectivity index is 1.57. The SMILES string of the molecule is CCC1OC(=O)N(Cc2cccc(NC(=O)c3cccnc3)c2)N=C1c1ccc(OC)c(OC)c1. The van der Waals surface area contributed by atoms with Crippen LogP contribution in [0.15, 0.2) is 72.1 Å². The van der Waals surface area contributed by atoms with Gasteiger partial charge in [0.15, 0.2) is 11.5 Å². The number of nitrogens with one attached hydrogen (secondary N) is 1. The zero-order valence-electron chi connectivity index (χ0n) is 19.7. The zero-order valence-corrected chi connectivity index (χ0v) is 19.7. The van der Waals surface area contributed by atoms with Crippen molar-refractivity contribution in [2.45, 2.75) is 26.0 Å². The van der Waals surface area contributed by atoms with Gasteiger partial charge >= 0.3 is 6.09 Å². The van der Waals surface area contributed by atoms with Gasteiger partial charge in [-0.15, -0.1) is 0 Å². The van der Waals surface area contributed by atoms with Crippen molar-refractivity contribution in [2.75, 3.05) is 19.5 Å². The monoisotopic (exact) mass is 474 g/mol. The highest BCUT2D eigenvalue weighted by atomic mass is 16.6. The number of amides is 2. The summed E-state index contributed by atoms with van der Waals surface area (Å²) in [5, 5.41) is 8.76. The Morgan fingerprint density at radius 1 is 1.09 bits per heavy atom. The second kappa shape index (κ2) is 10.7. The van der Waals surface area contributed by atoms with Crippen LogP contribution in [0.1, 0.15) is 34.8 Å². The fourth-order valence-corrected chi connectivity index (χ4v) is 3.71. The molecule has 2 heterocycles. The Kier molecular flexibility index (Phi) is 7.25. The van der Waals surface area contributed by atoms with Gasteiger partial charge < -0.3 is 19.5 Å². The minimum Gasteiger partial charge on any atom is -0.493 e. The van der Waals surface area contributed by atoms with Crippen LogP contribution >= 0.6 is 0 Å². The van der Waals surface area contributed by atoms with Crippen LogP contribution in [0.4, 0.5) is 10.5 Å². The summed E-state index contributed by atoms with van der Waals surface area (Å²) in [6.07, 6.45) is 2.66. The van der Waals surface area contributed by atoms with Crippen LogP contribution in [0.25, 0.3) is 0 Å². The number of hydrazone groups is 1. The number of pyridine rings is 1. The van der Waals surface area contributed by atoms with Gasteiger partial charge in [-0.05, 0) is 54.4 Å². The molecule has 180 valence electrons. The summed E-state index contributed by atoms with van der Waals surface area (Å²) in [6.45, 7) is 2.10. The third kappa shape index (κ3) is 5.40. The Morgan fingerprint density at radius 2 is 1.91 bits per heavy atom. The van der Waals surface area contributed by atoms with Gasteiger partial charge in [0, 0.05) is 23.6 Å². The summed E-state index contributed by atoms with van der Waals surface area (Å²) in [6, 6.07) is 16.1. The van der Waals surface area contributed by atoms with Crippen molar-refractivity contribution in [1.82, 2.24) is 9.99 Å². The third-order valence-corrected chi connectivity index (χ3v) is 5.48. The smallest absolute Gasteiger partial charge is 0.431 e. The van der Waals surface area contributed by atoms with Crippen molar-refractivity contribution in [3.05, 3.63) is 83.7 Å². The minimum absolute atomic E-state index is 0.169. The molecule has 1 unspecified atom stereocenters. The van der Waals surface area contributed by atoms with Crippen molar-refractivity contribution >= 4 is 23.4 Å². The molecule has 1 aliphatic rings. The number of anilines is 1. The van der Waals surface area contributed by atoms with E-state index in [-0.39, 0.29) is 12.5 Å². The first-order chi connectivity index (χ1) is 17.0. The fraction of sp³-hybridized carbons (Fsp3) is 0.231. The van der Waals surface area contributed by atoms with E-state index in [9.17, 15) is 9.59 Å². The van der Waals surface area contributed by atoms with Gasteiger partial charge in [-0.2, -0.15) is 10.1 Å². The summed E-state index contributed by atoms with van der Waals surface area (Å²) in [5.74, 6) is 0.884. The molecule has 0 radical (unpaired) electrons. The molecule has 1 aliphatic heterocycles. The second-order valence-electron chi connectivity index (χ2n) is 7.79. The highest BCUT2D eigenvalue weighted by Crippen LogP contribution is 2.30. The molecule has 0 saturated heterocycles. The molecule has 0 spiro atoms. The molecule has 0 bridgehead atoms. The van der Waals surface area contributed by atoms with Crippen molar-refractivity contribution in [3.8, 4) is 11.5 Å². The van der Waals surface area contributed by atoms with E-state index in [2.05, 4.69) is 15.4 Å². The first-order valence-corrected chi connectivity index (χ1v) is 11.1. The predicted octanol–water partition coefficient (Wildman–Crippen LogP) is 4.49. The predicted molar refractivity (Wildman–Crippen MR) is 131 cm³/mol. The maximum atomic E-state index is 12.7. The van der Waals surface area contributed by atoms with Crippen LogP contribution in [0.2, 0.25) is 0 Å². The normalized spacial score (nSPS) is 15.2. The molecule has 4 rings (SSSR count). The van der Waals surface area contributed by atoms with E-state index in [0.29, 0.717) is 34.9 Å². The van der Waals surface area contributed by atoms with Crippen LogP contribution in [0, 0.1) is 0 Å². The van der Waals surface area contributed by atoms with Gasteiger partial charge in [-0.25, -0.2) is 4.79 Å². The second-order valence-corrected chi connectivity index (χ2v) is 7.79. The first kappa shape index (κ1) is 23.7. The highest BCUT2D eigenvalue weighted by molar-refractivity contribution is 6.06. The summed E-state index contributed by atoms with van der Waals surface area (Å²) >= 11 is 0. The molecule has 2 aromatic carbocycles. The lowest BCUT2D eigenvalue weighted by atomic mass is 10.0. The van der Waals surface area contributed by atoms with E-state index < -0.39 is 12.2 Å². The molecule has 2 amide bonds. The number of carbonyl (C=O) groups excluding carboxylic acids is 2. The maximum absolute atomic E-state index is 12.7. The quantitative estimate of drug-likeness (QED) is 0.516. The molecule has 3 aromatic rings. The standard InChI is InChI=1S/C26H26N4O5/c1-4-21-24(18-10-11-22(33-2)23(14-18)34-3)29-30(26(32)35-21)16-17-7-5-9-20(13-17)28-25(31)19-8-6-12-27-15-19/h5-15,21H,4,16H2,1-3H3,(H,28,31). The molecule has 1 atom stereocenters. The molecular weight excluding hydrogens is 448 g/mol. The molecule has 0 saturated carbocycles. The number of carbonyl (C=O) groups is 2. The fourth-order valence-electron chi connectivity index (χ4n) is 3.71. The average molecular weight is 475 g/mol. The molecule has 9 heteroatoms. The zero-order chi connectivity index (χ0) is 24.8. The number of hydrogen-bond acceptors (Lipinski definition) is 7. The van der Waals surface area contributed by atoms with E-state index in [1.165, 1.54) is 11.2 Å². The lowest BCUT2D eigenvalue weighted by Crippen LogP contribution is -2.41. The van der Waals surface area contributed by atoms with Crippen LogP contribution in [-0.4, -0.2) is 48.0 Å². The Labute approximate surface area is 203 Å². The van der Waals surface area contributed by atoms with E-state index in [4.69, 9.17) is 14.2 Å². The van der Waals surface area contributed by atoms with Gasteiger partial charge in [0.05, 0.1) is 26.3 Å². The number of methoxy groups -OCH3 is 2. The van der Waals surface area contributed by atoms with Gasteiger partial charge in [0.25, 0.3) is 5.91 Å². The number of rotatable bonds is 8. The minimum atomic E-state index is -0.536.